The van der Waals surface area contributed by atoms with Crippen molar-refractivity contribution in [2.75, 3.05) is 9.80 Å². The molecule has 3 aromatic heterocycles. The lowest BCUT2D eigenvalue weighted by atomic mass is 9.33. The monoisotopic (exact) mass is 1210 g/mol. The molecule has 442 valence electrons. The third kappa shape index (κ3) is 8.72. The minimum Gasteiger partial charge on any atom is -0.454 e. The van der Waals surface area contributed by atoms with Gasteiger partial charge in [0, 0.05) is 83.2 Å². The SMILES string of the molecule is c1ccc(-c2nc(-c3ccccc3)nc(-c3ccc4c(c3)N(c3c(-c5ccccc5)cccc3-c3ccccc3)c3c5c(cc6c3oc3ccccc36)N(c3c(-c6ccccc6)cccc3-c3ccccc3)c3cc(-n6c7ccccc7c7ccccc76)ccc3B45)n2)cc1. The van der Waals surface area contributed by atoms with Crippen molar-refractivity contribution in [3.05, 3.63) is 334 Å². The predicted octanol–water partition coefficient (Wildman–Crippen LogP) is 20.6. The van der Waals surface area contributed by atoms with Crippen LogP contribution < -0.4 is 26.2 Å². The summed E-state index contributed by atoms with van der Waals surface area (Å²) in [6.45, 7) is -0.345. The summed E-state index contributed by atoms with van der Waals surface area (Å²) in [6, 6.07) is 120. The van der Waals surface area contributed by atoms with Crippen molar-refractivity contribution >= 4 is 101 Å². The number of nitrogens with zero attached hydrogens (tertiary/aromatic N) is 6. The molecule has 0 N–H and O–H groups in total. The van der Waals surface area contributed by atoms with E-state index in [1.165, 1.54) is 10.8 Å². The molecule has 0 atom stereocenters. The Kier molecular flexibility index (Phi) is 12.6. The molecule has 0 aliphatic carbocycles. The van der Waals surface area contributed by atoms with Gasteiger partial charge in [-0.2, -0.15) is 0 Å². The molecule has 0 bridgehead atoms. The minimum absolute atomic E-state index is 0.345. The summed E-state index contributed by atoms with van der Waals surface area (Å²) in [4.78, 5) is 21.2. The van der Waals surface area contributed by atoms with E-state index in [0.29, 0.717) is 17.5 Å². The molecule has 0 spiro atoms. The summed E-state index contributed by atoms with van der Waals surface area (Å²) in [5.41, 5.74) is 25.8. The van der Waals surface area contributed by atoms with E-state index in [-0.39, 0.29) is 6.71 Å². The maximum atomic E-state index is 7.59. The Labute approximate surface area is 549 Å². The van der Waals surface area contributed by atoms with Crippen molar-refractivity contribution in [3.63, 3.8) is 0 Å². The molecule has 2 aliphatic rings. The van der Waals surface area contributed by atoms with Gasteiger partial charge in [-0.05, 0) is 81.1 Å². The Bertz CT molecular complexity index is 5630. The molecule has 7 nitrogen and oxygen atoms in total. The molecule has 0 saturated carbocycles. The van der Waals surface area contributed by atoms with Gasteiger partial charge in [-0.3, -0.25) is 0 Å². The summed E-state index contributed by atoms with van der Waals surface area (Å²) in [5, 5.41) is 4.43. The van der Waals surface area contributed by atoms with Crippen LogP contribution in [-0.2, 0) is 0 Å². The lowest BCUT2D eigenvalue weighted by Gasteiger charge is -2.45. The van der Waals surface area contributed by atoms with Crippen LogP contribution in [0.25, 0.3) is 128 Å². The van der Waals surface area contributed by atoms with E-state index in [1.807, 2.05) is 36.4 Å². The molecule has 2 aliphatic heterocycles. The largest absolute Gasteiger partial charge is 0.454 e. The highest BCUT2D eigenvalue weighted by Crippen LogP contribution is 2.56. The van der Waals surface area contributed by atoms with Gasteiger partial charge in [0.15, 0.2) is 23.1 Å². The van der Waals surface area contributed by atoms with E-state index < -0.39 is 0 Å². The van der Waals surface area contributed by atoms with Crippen LogP contribution in [-0.4, -0.2) is 26.2 Å². The smallest absolute Gasteiger partial charge is 0.252 e. The van der Waals surface area contributed by atoms with Crippen molar-refractivity contribution in [3.8, 4) is 84.4 Å². The Morgan fingerprint density at radius 3 is 1.17 bits per heavy atom. The third-order valence-corrected chi connectivity index (χ3v) is 19.2. The first-order valence-electron chi connectivity index (χ1n) is 32.4. The fraction of sp³-hybridized carbons (Fsp3) is 0. The van der Waals surface area contributed by atoms with Crippen molar-refractivity contribution in [2.24, 2.45) is 0 Å². The highest BCUT2D eigenvalue weighted by Gasteiger charge is 2.47. The van der Waals surface area contributed by atoms with Gasteiger partial charge in [-0.25, -0.2) is 15.0 Å². The van der Waals surface area contributed by atoms with E-state index >= 15 is 0 Å². The maximum Gasteiger partial charge on any atom is 0.252 e. The molecule has 0 fully saturated rings. The number of anilines is 6. The van der Waals surface area contributed by atoms with E-state index in [0.717, 1.165) is 150 Å². The molecule has 0 amide bonds. The molecule has 0 radical (unpaired) electrons. The Hall–Kier alpha value is -12.6. The zero-order valence-electron chi connectivity index (χ0n) is 51.4. The lowest BCUT2D eigenvalue weighted by Crippen LogP contribution is -2.61. The number of rotatable bonds is 10. The molecular formula is C87H55BN6O. The van der Waals surface area contributed by atoms with Crippen molar-refractivity contribution in [2.45, 2.75) is 0 Å². The number of hydrogen-bond acceptors (Lipinski definition) is 6. The van der Waals surface area contributed by atoms with E-state index in [2.05, 4.69) is 312 Å². The summed E-state index contributed by atoms with van der Waals surface area (Å²) in [5.74, 6) is 1.75. The van der Waals surface area contributed by atoms with Gasteiger partial charge in [0.05, 0.1) is 28.1 Å². The lowest BCUT2D eigenvalue weighted by molar-refractivity contribution is 0.669. The van der Waals surface area contributed by atoms with Gasteiger partial charge in [0.1, 0.15) is 5.58 Å². The fourth-order valence-corrected chi connectivity index (χ4v) is 15.1. The number of aromatic nitrogens is 4. The molecule has 5 heterocycles. The van der Waals surface area contributed by atoms with Crippen LogP contribution in [0.4, 0.5) is 34.1 Å². The molecule has 95 heavy (non-hydrogen) atoms. The van der Waals surface area contributed by atoms with Crippen molar-refractivity contribution in [1.29, 1.82) is 0 Å². The van der Waals surface area contributed by atoms with Gasteiger partial charge < -0.3 is 18.8 Å². The summed E-state index contributed by atoms with van der Waals surface area (Å²) in [7, 11) is 0. The number of fused-ring (bicyclic) bond motifs is 11. The third-order valence-electron chi connectivity index (χ3n) is 19.2. The maximum absolute atomic E-state index is 7.59. The number of para-hydroxylation sites is 5. The van der Waals surface area contributed by atoms with Crippen LogP contribution in [0.15, 0.2) is 338 Å². The number of hydrogen-bond donors (Lipinski definition) is 0. The highest BCUT2D eigenvalue weighted by molar-refractivity contribution is 7.00. The summed E-state index contributed by atoms with van der Waals surface area (Å²) < 4.78 is 10.0. The molecule has 14 aromatic carbocycles. The Morgan fingerprint density at radius 2 is 0.674 bits per heavy atom. The van der Waals surface area contributed by atoms with Crippen LogP contribution in [0.1, 0.15) is 0 Å². The standard InChI is InChI=1S/C87H55BN6O/c1-7-27-56(28-8-1)64-42-25-43-65(57-29-9-2-10-30-57)81(64)93-77-54-63(92-74-46-22-19-39-68(74)69-40-20-23-47-75(69)92)50-52-73(77)88-72-51-49-62(87-90-85(60-35-15-5-16-36-60)89-86(91-87)61-37-17-6-18-38-61)53-76(72)94(83-80(88)78(93)55-71-70-41-21-24-48-79(70)95-84(71)83)82-66(58-31-11-3-12-32-58)44-26-45-67(82)59-33-13-4-14-34-59/h1-55H. The summed E-state index contributed by atoms with van der Waals surface area (Å²) >= 11 is 0. The second-order valence-electron chi connectivity index (χ2n) is 24.5. The van der Waals surface area contributed by atoms with Gasteiger partial charge in [-0.15, -0.1) is 0 Å². The topological polar surface area (TPSA) is 63.2 Å². The first-order valence-corrected chi connectivity index (χ1v) is 32.4. The second-order valence-corrected chi connectivity index (χ2v) is 24.5. The zero-order valence-corrected chi connectivity index (χ0v) is 51.4. The number of furan rings is 1. The van der Waals surface area contributed by atoms with E-state index in [1.54, 1.807) is 0 Å². The van der Waals surface area contributed by atoms with Gasteiger partial charge in [-0.1, -0.05) is 291 Å². The molecule has 8 heteroatoms. The average Bonchev–Trinajstić information content (AvgIpc) is 1.63. The molecule has 19 rings (SSSR count). The predicted molar refractivity (Wildman–Crippen MR) is 394 cm³/mol. The van der Waals surface area contributed by atoms with Gasteiger partial charge in [0.2, 0.25) is 0 Å². The number of benzene rings is 14. The van der Waals surface area contributed by atoms with E-state index in [4.69, 9.17) is 19.4 Å². The molecular weight excluding hydrogens is 1160 g/mol. The molecule has 17 aromatic rings. The Balaban J connectivity index is 0.990. The van der Waals surface area contributed by atoms with Crippen LogP contribution in [0, 0.1) is 0 Å². The average molecular weight is 1210 g/mol. The van der Waals surface area contributed by atoms with Crippen LogP contribution in [0.3, 0.4) is 0 Å². The van der Waals surface area contributed by atoms with Crippen LogP contribution >= 0.6 is 0 Å². The Morgan fingerprint density at radius 1 is 0.274 bits per heavy atom. The summed E-state index contributed by atoms with van der Waals surface area (Å²) in [6.07, 6.45) is 0. The van der Waals surface area contributed by atoms with Gasteiger partial charge in [0.25, 0.3) is 6.71 Å². The highest BCUT2D eigenvalue weighted by atomic mass is 16.3. The first-order chi connectivity index (χ1) is 47.2. The fourth-order valence-electron chi connectivity index (χ4n) is 15.1. The van der Waals surface area contributed by atoms with Crippen LogP contribution in [0.5, 0.6) is 0 Å². The van der Waals surface area contributed by atoms with Crippen molar-refractivity contribution < 1.29 is 4.42 Å². The molecule has 0 saturated heterocycles. The normalized spacial score (nSPS) is 12.4. The van der Waals surface area contributed by atoms with Crippen molar-refractivity contribution in [1.82, 2.24) is 19.5 Å². The van der Waals surface area contributed by atoms with Gasteiger partial charge >= 0.3 is 0 Å². The molecule has 0 unspecified atom stereocenters. The minimum atomic E-state index is -0.345. The van der Waals surface area contributed by atoms with E-state index in [9.17, 15) is 0 Å². The zero-order chi connectivity index (χ0) is 62.5. The first kappa shape index (κ1) is 54.1. The second kappa shape index (κ2) is 22.0. The van der Waals surface area contributed by atoms with Crippen LogP contribution in [0.2, 0.25) is 0 Å². The quantitative estimate of drug-likeness (QED) is 0.127.